The predicted octanol–water partition coefficient (Wildman–Crippen LogP) is 0.761. The molecule has 0 spiro atoms. The van der Waals surface area contributed by atoms with Gasteiger partial charge in [0.15, 0.2) is 0 Å². The standard InChI is InChI=1S/C2H6O6P2/c3-9-6-2-1-5-7-10(4)8-9/h9-10H,1-2H2. The van der Waals surface area contributed by atoms with Crippen LogP contribution in [0.4, 0.5) is 0 Å². The molecule has 6 nitrogen and oxygen atoms in total. The van der Waals surface area contributed by atoms with Crippen LogP contribution in [-0.2, 0) is 27.5 Å². The van der Waals surface area contributed by atoms with Gasteiger partial charge in [-0.3, -0.25) is 9.13 Å². The summed E-state index contributed by atoms with van der Waals surface area (Å²) >= 11 is 0. The van der Waals surface area contributed by atoms with Gasteiger partial charge in [-0.15, -0.1) is 0 Å². The topological polar surface area (TPSA) is 71.1 Å². The molecule has 0 aromatic rings. The normalized spacial score (nSPS) is 36.4. The fourth-order valence-electron chi connectivity index (χ4n) is 0.363. The highest BCUT2D eigenvalue weighted by Crippen LogP contribution is 2.40. The van der Waals surface area contributed by atoms with E-state index in [-0.39, 0.29) is 13.2 Å². The first-order valence-corrected chi connectivity index (χ1v) is 4.92. The summed E-state index contributed by atoms with van der Waals surface area (Å²) in [5, 5.41) is 0. The van der Waals surface area contributed by atoms with Crippen molar-refractivity contribution >= 4 is 16.5 Å². The summed E-state index contributed by atoms with van der Waals surface area (Å²) in [7, 11) is -5.39. The summed E-state index contributed by atoms with van der Waals surface area (Å²) in [6.45, 7) is 0.225. The van der Waals surface area contributed by atoms with E-state index in [9.17, 15) is 9.13 Å². The van der Waals surface area contributed by atoms with Crippen LogP contribution in [0.25, 0.3) is 0 Å². The van der Waals surface area contributed by atoms with E-state index in [1.807, 2.05) is 0 Å². The Hall–Kier alpha value is 0.300. The van der Waals surface area contributed by atoms with Gasteiger partial charge < -0.3 is 4.52 Å². The highest BCUT2D eigenvalue weighted by Gasteiger charge is 2.10. The molecule has 1 aliphatic heterocycles. The fourth-order valence-corrected chi connectivity index (χ4v) is 1.71. The molecule has 2 atom stereocenters. The molecule has 0 aromatic carbocycles. The molecule has 0 aromatic heterocycles. The van der Waals surface area contributed by atoms with Crippen molar-refractivity contribution in [3.63, 3.8) is 0 Å². The van der Waals surface area contributed by atoms with E-state index in [2.05, 4.69) is 18.4 Å². The van der Waals surface area contributed by atoms with Crippen molar-refractivity contribution in [3.8, 4) is 0 Å². The predicted molar refractivity (Wildman–Crippen MR) is 32.1 cm³/mol. The quantitative estimate of drug-likeness (QED) is 0.412. The molecule has 1 heterocycles. The Labute approximate surface area is 58.2 Å². The molecule has 0 bridgehead atoms. The highest BCUT2D eigenvalue weighted by molar-refractivity contribution is 7.47. The Morgan fingerprint density at radius 2 is 1.90 bits per heavy atom. The Balaban J connectivity index is 2.40. The Morgan fingerprint density at radius 3 is 2.70 bits per heavy atom. The lowest BCUT2D eigenvalue weighted by Gasteiger charge is -2.08. The van der Waals surface area contributed by atoms with E-state index in [0.717, 1.165) is 0 Å². The molecule has 0 N–H and O–H groups in total. The van der Waals surface area contributed by atoms with Crippen LogP contribution in [0.1, 0.15) is 0 Å². The van der Waals surface area contributed by atoms with Gasteiger partial charge in [-0.2, -0.15) is 4.67 Å². The molecule has 0 saturated carbocycles. The average molecular weight is 188 g/mol. The van der Waals surface area contributed by atoms with Crippen molar-refractivity contribution < 1.29 is 27.5 Å². The van der Waals surface area contributed by atoms with Crippen LogP contribution in [0.3, 0.4) is 0 Å². The van der Waals surface area contributed by atoms with Gasteiger partial charge in [0.05, 0.1) is 6.61 Å². The van der Waals surface area contributed by atoms with Gasteiger partial charge in [-0.05, 0) is 0 Å². The largest absolute Gasteiger partial charge is 0.353 e. The molecular formula is C2H6O6P2. The third-order valence-electron chi connectivity index (χ3n) is 0.680. The molecule has 2 unspecified atom stereocenters. The first-order valence-electron chi connectivity index (χ1n) is 2.47. The van der Waals surface area contributed by atoms with Crippen LogP contribution < -0.4 is 0 Å². The van der Waals surface area contributed by atoms with Gasteiger partial charge in [-0.1, -0.05) is 0 Å². The number of hydrogen-bond donors (Lipinski definition) is 0. The molecule has 10 heavy (non-hydrogen) atoms. The molecule has 8 heteroatoms. The van der Waals surface area contributed by atoms with Gasteiger partial charge in [0, 0.05) is 0 Å². The smallest absolute Gasteiger partial charge is 0.308 e. The van der Waals surface area contributed by atoms with Gasteiger partial charge in [0.1, 0.15) is 6.61 Å². The first-order chi connectivity index (χ1) is 4.79. The Kier molecular flexibility index (Phi) is 3.56. The Bertz CT molecular complexity index is 140. The molecule has 60 valence electrons. The summed E-state index contributed by atoms with van der Waals surface area (Å²) in [5.41, 5.74) is 0. The maximum atomic E-state index is 10.5. The second-order valence-electron chi connectivity index (χ2n) is 1.36. The average Bonchev–Trinajstić information content (AvgIpc) is 1.83. The van der Waals surface area contributed by atoms with Crippen LogP contribution in [-0.4, -0.2) is 13.2 Å². The monoisotopic (exact) mass is 188 g/mol. The molecule has 1 rings (SSSR count). The van der Waals surface area contributed by atoms with Gasteiger partial charge >= 0.3 is 16.5 Å². The van der Waals surface area contributed by atoms with E-state index in [4.69, 9.17) is 0 Å². The Morgan fingerprint density at radius 1 is 1.10 bits per heavy atom. The van der Waals surface area contributed by atoms with Crippen molar-refractivity contribution in [2.75, 3.05) is 13.2 Å². The van der Waals surface area contributed by atoms with Crippen LogP contribution in [0.15, 0.2) is 0 Å². The summed E-state index contributed by atoms with van der Waals surface area (Å²) in [6.07, 6.45) is 0. The maximum Gasteiger partial charge on any atom is 0.353 e. The lowest BCUT2D eigenvalue weighted by molar-refractivity contribution is -0.214. The van der Waals surface area contributed by atoms with Crippen molar-refractivity contribution in [1.82, 2.24) is 0 Å². The zero-order chi connectivity index (χ0) is 7.40. The summed E-state index contributed by atoms with van der Waals surface area (Å²) < 4.78 is 33.7. The molecule has 0 aliphatic carbocycles. The van der Waals surface area contributed by atoms with Crippen LogP contribution in [0, 0.1) is 0 Å². The lowest BCUT2D eigenvalue weighted by Crippen LogP contribution is -2.01. The second kappa shape index (κ2) is 4.23. The van der Waals surface area contributed by atoms with E-state index in [0.29, 0.717) is 0 Å². The lowest BCUT2D eigenvalue weighted by atomic mass is 10.8. The summed E-state index contributed by atoms with van der Waals surface area (Å²) in [6, 6.07) is 0. The molecule has 1 aliphatic rings. The zero-order valence-electron chi connectivity index (χ0n) is 4.86. The minimum absolute atomic E-state index is 0.107. The van der Waals surface area contributed by atoms with Gasteiger partial charge in [0.25, 0.3) is 0 Å². The van der Waals surface area contributed by atoms with Crippen molar-refractivity contribution in [1.29, 1.82) is 0 Å². The minimum Gasteiger partial charge on any atom is -0.308 e. The molecule has 0 radical (unpaired) electrons. The van der Waals surface area contributed by atoms with E-state index >= 15 is 0 Å². The van der Waals surface area contributed by atoms with E-state index in [1.54, 1.807) is 0 Å². The van der Waals surface area contributed by atoms with Crippen molar-refractivity contribution in [2.24, 2.45) is 0 Å². The van der Waals surface area contributed by atoms with Gasteiger partial charge in [0.2, 0.25) is 0 Å². The number of hydrogen-bond acceptors (Lipinski definition) is 6. The molecule has 0 amide bonds. The first kappa shape index (κ1) is 8.40. The minimum atomic E-state index is -2.76. The van der Waals surface area contributed by atoms with Crippen LogP contribution in [0.5, 0.6) is 0 Å². The van der Waals surface area contributed by atoms with E-state index in [1.165, 1.54) is 0 Å². The molecule has 1 saturated heterocycles. The van der Waals surface area contributed by atoms with Gasteiger partial charge in [-0.25, -0.2) is 9.20 Å². The maximum absolute atomic E-state index is 10.5. The van der Waals surface area contributed by atoms with Crippen LogP contribution >= 0.6 is 16.5 Å². The highest BCUT2D eigenvalue weighted by atomic mass is 31.2. The van der Waals surface area contributed by atoms with Crippen molar-refractivity contribution in [2.45, 2.75) is 0 Å². The zero-order valence-corrected chi connectivity index (χ0v) is 6.86. The fraction of sp³-hybridized carbons (Fsp3) is 1.00. The molecule has 1 fully saturated rings. The van der Waals surface area contributed by atoms with E-state index < -0.39 is 16.5 Å². The van der Waals surface area contributed by atoms with Crippen LogP contribution in [0.2, 0.25) is 0 Å². The third-order valence-corrected chi connectivity index (χ3v) is 2.71. The second-order valence-corrected chi connectivity index (χ2v) is 3.63. The molecular weight excluding hydrogens is 182 g/mol. The third kappa shape index (κ3) is 2.92. The summed E-state index contributed by atoms with van der Waals surface area (Å²) in [4.78, 5) is 4.30. The SMILES string of the molecule is O=[PH]1OCCOO[PH](=O)O1. The number of rotatable bonds is 0. The summed E-state index contributed by atoms with van der Waals surface area (Å²) in [5.74, 6) is 0. The van der Waals surface area contributed by atoms with Crippen molar-refractivity contribution in [3.05, 3.63) is 0 Å².